The van der Waals surface area contributed by atoms with Crippen molar-refractivity contribution in [2.75, 3.05) is 0 Å². The van der Waals surface area contributed by atoms with Crippen molar-refractivity contribution < 1.29 is 0 Å². The highest BCUT2D eigenvalue weighted by Gasteiger charge is 2.14. The average Bonchev–Trinajstić information content (AvgIpc) is 2.79. The minimum absolute atomic E-state index is 0.0265. The summed E-state index contributed by atoms with van der Waals surface area (Å²) in [6, 6.07) is 9.78. The van der Waals surface area contributed by atoms with Gasteiger partial charge in [0.05, 0.1) is 16.6 Å². The normalized spacial score (nSPS) is 11.0. The van der Waals surface area contributed by atoms with Crippen LogP contribution in [0.15, 0.2) is 40.5 Å². The first-order valence-electron chi connectivity index (χ1n) is 6.50. The van der Waals surface area contributed by atoms with E-state index < -0.39 is 0 Å². The van der Waals surface area contributed by atoms with Gasteiger partial charge in [0.25, 0.3) is 0 Å². The summed E-state index contributed by atoms with van der Waals surface area (Å²) in [5.41, 5.74) is 10.1. The van der Waals surface area contributed by atoms with E-state index in [0.717, 1.165) is 27.4 Å². The van der Waals surface area contributed by atoms with Gasteiger partial charge >= 0.3 is 0 Å². The van der Waals surface area contributed by atoms with Crippen molar-refractivity contribution in [3.8, 4) is 0 Å². The van der Waals surface area contributed by atoms with Crippen LogP contribution in [-0.4, -0.2) is 20.8 Å². The fourth-order valence-corrected chi connectivity index (χ4v) is 3.32. The van der Waals surface area contributed by atoms with Gasteiger partial charge in [-0.3, -0.25) is 5.41 Å². The third-order valence-electron chi connectivity index (χ3n) is 3.14. The number of pyridine rings is 1. The van der Waals surface area contributed by atoms with Gasteiger partial charge in [-0.25, -0.2) is 9.97 Å². The number of aromatic nitrogens is 3. The Kier molecular flexibility index (Phi) is 3.39. The van der Waals surface area contributed by atoms with Gasteiger partial charge in [-0.2, -0.15) is 0 Å². The first-order valence-corrected chi connectivity index (χ1v) is 7.31. The van der Waals surface area contributed by atoms with Gasteiger partial charge in [0, 0.05) is 5.69 Å². The molecule has 21 heavy (non-hydrogen) atoms. The van der Waals surface area contributed by atoms with Gasteiger partial charge in [0.2, 0.25) is 0 Å². The van der Waals surface area contributed by atoms with Crippen LogP contribution in [0.1, 0.15) is 16.8 Å². The molecule has 6 heteroatoms. The zero-order valence-corrected chi connectivity index (χ0v) is 12.6. The second-order valence-electron chi connectivity index (χ2n) is 4.84. The molecule has 0 aliphatic carbocycles. The molecule has 0 saturated carbocycles. The molecule has 2 heterocycles. The summed E-state index contributed by atoms with van der Waals surface area (Å²) >= 11 is 1.40. The molecule has 5 nitrogen and oxygen atoms in total. The zero-order valence-electron chi connectivity index (χ0n) is 11.8. The molecule has 2 aromatic heterocycles. The maximum Gasteiger partial charge on any atom is 0.172 e. The molecule has 3 aromatic rings. The third kappa shape index (κ3) is 2.62. The lowest BCUT2D eigenvalue weighted by Crippen LogP contribution is -2.15. The molecule has 0 amide bonds. The van der Waals surface area contributed by atoms with Crippen molar-refractivity contribution in [1.82, 2.24) is 15.0 Å². The van der Waals surface area contributed by atoms with Gasteiger partial charge in [0.1, 0.15) is 10.9 Å². The molecule has 0 saturated heterocycles. The molecule has 0 atom stereocenters. The summed E-state index contributed by atoms with van der Waals surface area (Å²) in [6.07, 6.45) is 0. The van der Waals surface area contributed by atoms with Crippen LogP contribution in [0.25, 0.3) is 11.0 Å². The Morgan fingerprint density at radius 1 is 1.24 bits per heavy atom. The number of nitrogens with one attached hydrogen (secondary N) is 2. The van der Waals surface area contributed by atoms with Gasteiger partial charge in [-0.1, -0.05) is 12.1 Å². The SMILES string of the molecule is Cc1cc(C)c(C(=N)N)c(Sc2nc3ccccc3[nH]2)n1. The van der Waals surface area contributed by atoms with Gasteiger partial charge in [0.15, 0.2) is 5.16 Å². The Morgan fingerprint density at radius 3 is 2.71 bits per heavy atom. The smallest absolute Gasteiger partial charge is 0.172 e. The van der Waals surface area contributed by atoms with E-state index in [1.54, 1.807) is 0 Å². The Bertz CT molecular complexity index is 804. The number of aromatic amines is 1. The van der Waals surface area contributed by atoms with Crippen molar-refractivity contribution in [2.45, 2.75) is 24.0 Å². The average molecular weight is 297 g/mol. The first kappa shape index (κ1) is 13.6. The fourth-order valence-electron chi connectivity index (χ4n) is 2.27. The fraction of sp³-hybridized carbons (Fsp3) is 0.133. The van der Waals surface area contributed by atoms with E-state index in [0.29, 0.717) is 10.6 Å². The Labute approximate surface area is 126 Å². The number of imidazole rings is 1. The number of H-pyrrole nitrogens is 1. The molecule has 0 radical (unpaired) electrons. The highest BCUT2D eigenvalue weighted by atomic mass is 32.2. The number of nitrogens with two attached hydrogens (primary N) is 1. The standard InChI is InChI=1S/C15H15N5S/c1-8-7-9(2)18-14(12(8)13(16)17)21-15-19-10-5-3-4-6-11(10)20-15/h3-7H,1-2H3,(H3,16,17)(H,19,20). The molecule has 1 aromatic carbocycles. The molecular weight excluding hydrogens is 282 g/mol. The Balaban J connectivity index is 2.06. The minimum atomic E-state index is 0.0265. The highest BCUT2D eigenvalue weighted by Crippen LogP contribution is 2.30. The molecule has 0 aliphatic rings. The van der Waals surface area contributed by atoms with Crippen LogP contribution in [0.2, 0.25) is 0 Å². The Hall–Kier alpha value is -2.34. The molecule has 0 fully saturated rings. The van der Waals surface area contributed by atoms with E-state index in [-0.39, 0.29) is 5.84 Å². The molecular formula is C15H15N5S. The maximum absolute atomic E-state index is 7.75. The molecule has 0 unspecified atom stereocenters. The quantitative estimate of drug-likeness (QED) is 0.512. The topological polar surface area (TPSA) is 91.4 Å². The van der Waals surface area contributed by atoms with E-state index in [4.69, 9.17) is 11.1 Å². The number of amidine groups is 1. The van der Waals surface area contributed by atoms with Crippen LogP contribution < -0.4 is 5.73 Å². The van der Waals surface area contributed by atoms with Crippen molar-refractivity contribution in [3.63, 3.8) is 0 Å². The monoisotopic (exact) mass is 297 g/mol. The lowest BCUT2D eigenvalue weighted by atomic mass is 10.1. The van der Waals surface area contributed by atoms with Crippen molar-refractivity contribution in [3.05, 3.63) is 47.2 Å². The predicted octanol–water partition coefficient (Wildman–Crippen LogP) is 3.01. The molecule has 0 bridgehead atoms. The number of rotatable bonds is 3. The highest BCUT2D eigenvalue weighted by molar-refractivity contribution is 7.99. The van der Waals surface area contributed by atoms with Crippen LogP contribution in [0.5, 0.6) is 0 Å². The van der Waals surface area contributed by atoms with Crippen molar-refractivity contribution >= 4 is 28.6 Å². The van der Waals surface area contributed by atoms with E-state index in [2.05, 4.69) is 15.0 Å². The van der Waals surface area contributed by atoms with Crippen LogP contribution in [-0.2, 0) is 0 Å². The molecule has 0 aliphatic heterocycles. The lowest BCUT2D eigenvalue weighted by molar-refractivity contribution is 1.01. The van der Waals surface area contributed by atoms with E-state index in [1.807, 2.05) is 44.2 Å². The van der Waals surface area contributed by atoms with E-state index >= 15 is 0 Å². The summed E-state index contributed by atoms with van der Waals surface area (Å²) in [7, 11) is 0. The van der Waals surface area contributed by atoms with Crippen molar-refractivity contribution in [2.24, 2.45) is 5.73 Å². The largest absolute Gasteiger partial charge is 0.384 e. The lowest BCUT2D eigenvalue weighted by Gasteiger charge is -2.10. The van der Waals surface area contributed by atoms with Crippen LogP contribution in [0, 0.1) is 19.3 Å². The second kappa shape index (κ2) is 5.21. The number of hydrogen-bond acceptors (Lipinski definition) is 4. The van der Waals surface area contributed by atoms with Gasteiger partial charge in [-0.15, -0.1) is 0 Å². The summed E-state index contributed by atoms with van der Waals surface area (Å²) in [5.74, 6) is 0.0265. The number of fused-ring (bicyclic) bond motifs is 1. The Morgan fingerprint density at radius 2 is 2.00 bits per heavy atom. The van der Waals surface area contributed by atoms with Crippen LogP contribution >= 0.6 is 11.8 Å². The number of benzene rings is 1. The zero-order chi connectivity index (χ0) is 15.0. The number of nitrogen functional groups attached to an aromatic ring is 1. The summed E-state index contributed by atoms with van der Waals surface area (Å²) in [6.45, 7) is 3.87. The summed E-state index contributed by atoms with van der Waals surface area (Å²) < 4.78 is 0. The third-order valence-corrected chi connectivity index (χ3v) is 4.02. The maximum atomic E-state index is 7.75. The molecule has 4 N–H and O–H groups in total. The number of aryl methyl sites for hydroxylation is 2. The van der Waals surface area contributed by atoms with E-state index in [1.165, 1.54) is 11.8 Å². The van der Waals surface area contributed by atoms with E-state index in [9.17, 15) is 0 Å². The van der Waals surface area contributed by atoms with Gasteiger partial charge in [-0.05, 0) is 49.4 Å². The minimum Gasteiger partial charge on any atom is -0.384 e. The molecule has 3 rings (SSSR count). The summed E-state index contributed by atoms with van der Waals surface area (Å²) in [4.78, 5) is 12.3. The number of para-hydroxylation sites is 2. The van der Waals surface area contributed by atoms with Gasteiger partial charge < -0.3 is 10.7 Å². The predicted molar refractivity (Wildman–Crippen MR) is 84.9 cm³/mol. The second-order valence-corrected chi connectivity index (χ2v) is 5.81. The number of nitrogens with zero attached hydrogens (tertiary/aromatic N) is 2. The van der Waals surface area contributed by atoms with Crippen LogP contribution in [0.4, 0.5) is 0 Å². The summed E-state index contributed by atoms with van der Waals surface area (Å²) in [5, 5.41) is 9.21. The molecule has 106 valence electrons. The number of hydrogen-bond donors (Lipinski definition) is 3. The first-order chi connectivity index (χ1) is 10.0. The molecule has 0 spiro atoms. The van der Waals surface area contributed by atoms with Crippen molar-refractivity contribution in [1.29, 1.82) is 5.41 Å². The van der Waals surface area contributed by atoms with Crippen LogP contribution in [0.3, 0.4) is 0 Å².